The molecule has 4 nitrogen and oxygen atoms in total. The van der Waals surface area contributed by atoms with E-state index in [4.69, 9.17) is 0 Å². The Morgan fingerprint density at radius 1 is 1.53 bits per heavy atom. The molecule has 0 radical (unpaired) electrons. The molecule has 0 aliphatic carbocycles. The SMILES string of the molecule is CCC1CN(C(=O)Nc2cccc(C)c2)CCC1O. The van der Waals surface area contributed by atoms with Crippen LogP contribution >= 0.6 is 0 Å². The van der Waals surface area contributed by atoms with Gasteiger partial charge >= 0.3 is 6.03 Å². The first-order valence-electron chi connectivity index (χ1n) is 6.90. The molecule has 4 heteroatoms. The Kier molecular flexibility index (Phi) is 4.43. The number of hydrogen-bond acceptors (Lipinski definition) is 2. The maximum atomic E-state index is 12.2. The number of aryl methyl sites for hydroxylation is 1. The van der Waals surface area contributed by atoms with Crippen LogP contribution in [0.1, 0.15) is 25.3 Å². The summed E-state index contributed by atoms with van der Waals surface area (Å²) in [4.78, 5) is 14.0. The summed E-state index contributed by atoms with van der Waals surface area (Å²) in [6.07, 6.45) is 1.29. The van der Waals surface area contributed by atoms with Crippen LogP contribution in [-0.2, 0) is 0 Å². The normalized spacial score (nSPS) is 23.2. The van der Waals surface area contributed by atoms with Crippen LogP contribution in [0.4, 0.5) is 10.5 Å². The second-order valence-corrected chi connectivity index (χ2v) is 5.27. The van der Waals surface area contributed by atoms with E-state index in [1.165, 1.54) is 0 Å². The minimum absolute atomic E-state index is 0.0732. The smallest absolute Gasteiger partial charge is 0.321 e. The molecule has 0 spiro atoms. The number of rotatable bonds is 2. The van der Waals surface area contributed by atoms with Crippen LogP contribution in [0.5, 0.6) is 0 Å². The number of nitrogens with zero attached hydrogens (tertiary/aromatic N) is 1. The van der Waals surface area contributed by atoms with Gasteiger partial charge in [-0.25, -0.2) is 4.79 Å². The molecule has 1 aromatic rings. The van der Waals surface area contributed by atoms with Gasteiger partial charge in [0.15, 0.2) is 0 Å². The van der Waals surface area contributed by atoms with Gasteiger partial charge in [-0.05, 0) is 37.5 Å². The summed E-state index contributed by atoms with van der Waals surface area (Å²) in [5.41, 5.74) is 1.95. The highest BCUT2D eigenvalue weighted by molar-refractivity contribution is 5.89. The van der Waals surface area contributed by atoms with Crippen molar-refractivity contribution in [3.8, 4) is 0 Å². The molecule has 1 fully saturated rings. The maximum absolute atomic E-state index is 12.2. The average molecular weight is 262 g/mol. The summed E-state index contributed by atoms with van der Waals surface area (Å²) in [7, 11) is 0. The third kappa shape index (κ3) is 3.47. The summed E-state index contributed by atoms with van der Waals surface area (Å²) in [6.45, 7) is 5.31. The van der Waals surface area contributed by atoms with E-state index in [1.54, 1.807) is 4.90 Å². The Hall–Kier alpha value is -1.55. The summed E-state index contributed by atoms with van der Waals surface area (Å²) in [5.74, 6) is 0.192. The Labute approximate surface area is 114 Å². The minimum Gasteiger partial charge on any atom is -0.393 e. The third-order valence-corrected chi connectivity index (χ3v) is 3.77. The van der Waals surface area contributed by atoms with E-state index in [-0.39, 0.29) is 18.1 Å². The van der Waals surface area contributed by atoms with E-state index in [0.29, 0.717) is 19.5 Å². The van der Waals surface area contributed by atoms with Crippen LogP contribution in [-0.4, -0.2) is 35.2 Å². The second kappa shape index (κ2) is 6.06. The zero-order valence-corrected chi connectivity index (χ0v) is 11.6. The molecule has 1 aromatic carbocycles. The minimum atomic E-state index is -0.270. The lowest BCUT2D eigenvalue weighted by atomic mass is 9.93. The lowest BCUT2D eigenvalue weighted by Gasteiger charge is -2.35. The molecule has 104 valence electrons. The first kappa shape index (κ1) is 13.9. The molecule has 2 rings (SSSR count). The van der Waals surface area contributed by atoms with Gasteiger partial charge in [0.2, 0.25) is 0 Å². The van der Waals surface area contributed by atoms with Crippen LogP contribution in [0.25, 0.3) is 0 Å². The van der Waals surface area contributed by atoms with Crippen molar-refractivity contribution >= 4 is 11.7 Å². The van der Waals surface area contributed by atoms with E-state index in [9.17, 15) is 9.90 Å². The van der Waals surface area contributed by atoms with Crippen molar-refractivity contribution in [2.75, 3.05) is 18.4 Å². The molecule has 2 amide bonds. The molecular weight excluding hydrogens is 240 g/mol. The van der Waals surface area contributed by atoms with Gasteiger partial charge in [-0.15, -0.1) is 0 Å². The molecule has 1 aliphatic rings. The summed E-state index contributed by atoms with van der Waals surface area (Å²) < 4.78 is 0. The highest BCUT2D eigenvalue weighted by atomic mass is 16.3. The summed E-state index contributed by atoms with van der Waals surface area (Å²) >= 11 is 0. The van der Waals surface area contributed by atoms with Gasteiger partial charge in [-0.1, -0.05) is 19.1 Å². The summed E-state index contributed by atoms with van der Waals surface area (Å²) in [5, 5.41) is 12.8. The Balaban J connectivity index is 1.97. The van der Waals surface area contributed by atoms with E-state index in [0.717, 1.165) is 17.7 Å². The Bertz CT molecular complexity index is 448. The van der Waals surface area contributed by atoms with Crippen LogP contribution in [0.15, 0.2) is 24.3 Å². The first-order chi connectivity index (χ1) is 9.10. The second-order valence-electron chi connectivity index (χ2n) is 5.27. The number of nitrogens with one attached hydrogen (secondary N) is 1. The van der Waals surface area contributed by atoms with Crippen molar-refractivity contribution < 1.29 is 9.90 Å². The number of hydrogen-bond donors (Lipinski definition) is 2. The highest BCUT2D eigenvalue weighted by Gasteiger charge is 2.28. The number of aliphatic hydroxyl groups is 1. The van der Waals surface area contributed by atoms with Crippen molar-refractivity contribution in [2.24, 2.45) is 5.92 Å². The van der Waals surface area contributed by atoms with Crippen molar-refractivity contribution in [1.29, 1.82) is 0 Å². The average Bonchev–Trinajstić information content (AvgIpc) is 2.39. The van der Waals surface area contributed by atoms with Crippen molar-refractivity contribution in [3.63, 3.8) is 0 Å². The number of carbonyl (C=O) groups is 1. The molecule has 0 saturated carbocycles. The van der Waals surface area contributed by atoms with Crippen LogP contribution < -0.4 is 5.32 Å². The molecular formula is C15H22N2O2. The molecule has 2 atom stereocenters. The molecule has 19 heavy (non-hydrogen) atoms. The van der Waals surface area contributed by atoms with Gasteiger partial charge in [0.25, 0.3) is 0 Å². The zero-order chi connectivity index (χ0) is 13.8. The number of benzene rings is 1. The van der Waals surface area contributed by atoms with E-state index in [1.807, 2.05) is 31.2 Å². The van der Waals surface area contributed by atoms with Gasteiger partial charge in [-0.2, -0.15) is 0 Å². The molecule has 0 bridgehead atoms. The van der Waals surface area contributed by atoms with Crippen LogP contribution in [0.2, 0.25) is 0 Å². The fraction of sp³-hybridized carbons (Fsp3) is 0.533. The van der Waals surface area contributed by atoms with Gasteiger partial charge in [0, 0.05) is 24.7 Å². The number of amides is 2. The lowest BCUT2D eigenvalue weighted by Crippen LogP contribution is -2.47. The number of likely N-dealkylation sites (tertiary alicyclic amines) is 1. The van der Waals surface area contributed by atoms with Gasteiger partial charge in [0.05, 0.1) is 6.10 Å². The predicted molar refractivity (Wildman–Crippen MR) is 76.2 cm³/mol. The highest BCUT2D eigenvalue weighted by Crippen LogP contribution is 2.21. The van der Waals surface area contributed by atoms with Crippen LogP contribution in [0, 0.1) is 12.8 Å². The van der Waals surface area contributed by atoms with Crippen molar-refractivity contribution in [2.45, 2.75) is 32.8 Å². The Morgan fingerprint density at radius 2 is 2.32 bits per heavy atom. The Morgan fingerprint density at radius 3 is 3.00 bits per heavy atom. The number of carbonyl (C=O) groups excluding carboxylic acids is 1. The van der Waals surface area contributed by atoms with Gasteiger partial charge < -0.3 is 15.3 Å². The topological polar surface area (TPSA) is 52.6 Å². The van der Waals surface area contributed by atoms with Gasteiger partial charge in [-0.3, -0.25) is 0 Å². The standard InChI is InChI=1S/C15H22N2O2/c1-3-12-10-17(8-7-14(12)18)15(19)16-13-6-4-5-11(2)9-13/h4-6,9,12,14,18H,3,7-8,10H2,1-2H3,(H,16,19). The summed E-state index contributed by atoms with van der Waals surface area (Å²) in [6, 6.07) is 7.70. The number of urea groups is 1. The van der Waals surface area contributed by atoms with Gasteiger partial charge in [0.1, 0.15) is 0 Å². The molecule has 1 heterocycles. The molecule has 2 N–H and O–H groups in total. The van der Waals surface area contributed by atoms with E-state index in [2.05, 4.69) is 12.2 Å². The molecule has 1 saturated heterocycles. The van der Waals surface area contributed by atoms with E-state index < -0.39 is 0 Å². The molecule has 1 aliphatic heterocycles. The molecule has 2 unspecified atom stereocenters. The first-order valence-corrected chi connectivity index (χ1v) is 6.90. The monoisotopic (exact) mass is 262 g/mol. The predicted octanol–water partition coefficient (Wildman–Crippen LogP) is 2.62. The molecule has 0 aromatic heterocycles. The number of piperidine rings is 1. The quantitative estimate of drug-likeness (QED) is 0.861. The van der Waals surface area contributed by atoms with Crippen LogP contribution in [0.3, 0.4) is 0 Å². The zero-order valence-electron chi connectivity index (χ0n) is 11.6. The van der Waals surface area contributed by atoms with Crippen molar-refractivity contribution in [1.82, 2.24) is 4.90 Å². The fourth-order valence-electron chi connectivity index (χ4n) is 2.53. The van der Waals surface area contributed by atoms with Crippen molar-refractivity contribution in [3.05, 3.63) is 29.8 Å². The lowest BCUT2D eigenvalue weighted by molar-refractivity contribution is 0.0405. The third-order valence-electron chi connectivity index (χ3n) is 3.77. The number of anilines is 1. The number of aliphatic hydroxyl groups excluding tert-OH is 1. The van der Waals surface area contributed by atoms with E-state index >= 15 is 0 Å². The largest absolute Gasteiger partial charge is 0.393 e. The maximum Gasteiger partial charge on any atom is 0.321 e. The fourth-order valence-corrected chi connectivity index (χ4v) is 2.53.